The molecule has 1 aliphatic heterocycles. The zero-order valence-electron chi connectivity index (χ0n) is 14.8. The Morgan fingerprint density at radius 1 is 1.36 bits per heavy atom. The molecule has 2 unspecified atom stereocenters. The molecule has 8 heteroatoms. The SMILES string of the molecule is CCC(CS(=O)(=O)c1ccccc1)NC(=NC)NCC1CCCO1.I. The van der Waals surface area contributed by atoms with E-state index in [1.807, 2.05) is 13.0 Å². The van der Waals surface area contributed by atoms with Gasteiger partial charge in [-0.3, -0.25) is 4.99 Å². The molecule has 0 saturated carbocycles. The van der Waals surface area contributed by atoms with Crippen molar-refractivity contribution in [3.05, 3.63) is 30.3 Å². The molecule has 2 rings (SSSR count). The quantitative estimate of drug-likeness (QED) is 0.355. The molecule has 1 saturated heterocycles. The van der Waals surface area contributed by atoms with Gasteiger partial charge in [-0.25, -0.2) is 8.42 Å². The molecule has 142 valence electrons. The normalized spacial score (nSPS) is 19.1. The van der Waals surface area contributed by atoms with E-state index in [9.17, 15) is 8.42 Å². The van der Waals surface area contributed by atoms with E-state index in [0.29, 0.717) is 23.8 Å². The third-order valence-corrected chi connectivity index (χ3v) is 5.93. The number of nitrogens with zero attached hydrogens (tertiary/aromatic N) is 1. The molecule has 0 bridgehead atoms. The van der Waals surface area contributed by atoms with Crippen molar-refractivity contribution in [1.82, 2.24) is 10.6 Å². The first-order valence-corrected chi connectivity index (χ1v) is 10.1. The topological polar surface area (TPSA) is 79.8 Å². The minimum atomic E-state index is -3.33. The standard InChI is InChI=1S/C17H27N3O3S.HI/c1-3-14(13-24(21,22)16-9-5-4-6-10-16)20-17(18-2)19-12-15-8-7-11-23-15;/h4-6,9-10,14-15H,3,7-8,11-13H2,1-2H3,(H2,18,19,20);1H. The van der Waals surface area contributed by atoms with Crippen LogP contribution in [-0.2, 0) is 14.6 Å². The van der Waals surface area contributed by atoms with E-state index < -0.39 is 9.84 Å². The highest BCUT2D eigenvalue weighted by Crippen LogP contribution is 2.13. The predicted octanol–water partition coefficient (Wildman–Crippen LogP) is 2.20. The highest BCUT2D eigenvalue weighted by molar-refractivity contribution is 14.0. The van der Waals surface area contributed by atoms with Crippen LogP contribution in [0.5, 0.6) is 0 Å². The summed E-state index contributed by atoms with van der Waals surface area (Å²) in [5.41, 5.74) is 0. The summed E-state index contributed by atoms with van der Waals surface area (Å²) >= 11 is 0. The molecule has 1 aromatic rings. The minimum absolute atomic E-state index is 0. The maximum atomic E-state index is 12.5. The van der Waals surface area contributed by atoms with Gasteiger partial charge < -0.3 is 15.4 Å². The summed E-state index contributed by atoms with van der Waals surface area (Å²) in [5, 5.41) is 6.43. The van der Waals surface area contributed by atoms with Crippen molar-refractivity contribution in [1.29, 1.82) is 0 Å². The van der Waals surface area contributed by atoms with Gasteiger partial charge in [0.25, 0.3) is 0 Å². The van der Waals surface area contributed by atoms with Gasteiger partial charge in [0.2, 0.25) is 0 Å². The van der Waals surface area contributed by atoms with Crippen molar-refractivity contribution in [2.75, 3.05) is 26.0 Å². The van der Waals surface area contributed by atoms with Gasteiger partial charge in [-0.2, -0.15) is 0 Å². The van der Waals surface area contributed by atoms with E-state index in [0.717, 1.165) is 19.4 Å². The van der Waals surface area contributed by atoms with Crippen LogP contribution in [0.1, 0.15) is 26.2 Å². The maximum absolute atomic E-state index is 12.5. The second-order valence-corrected chi connectivity index (χ2v) is 7.97. The molecule has 0 spiro atoms. The lowest BCUT2D eigenvalue weighted by molar-refractivity contribution is 0.113. The number of ether oxygens (including phenoxy) is 1. The van der Waals surface area contributed by atoms with Crippen LogP contribution in [0.2, 0.25) is 0 Å². The Balaban J connectivity index is 0.00000312. The lowest BCUT2D eigenvalue weighted by atomic mass is 10.2. The summed E-state index contributed by atoms with van der Waals surface area (Å²) in [7, 11) is -1.64. The summed E-state index contributed by atoms with van der Waals surface area (Å²) in [6.07, 6.45) is 3.03. The molecule has 0 aliphatic carbocycles. The first kappa shape index (κ1) is 22.2. The Morgan fingerprint density at radius 2 is 2.08 bits per heavy atom. The van der Waals surface area contributed by atoms with Crippen molar-refractivity contribution < 1.29 is 13.2 Å². The van der Waals surface area contributed by atoms with Gasteiger partial charge in [-0.05, 0) is 31.4 Å². The van der Waals surface area contributed by atoms with Crippen molar-refractivity contribution in [3.8, 4) is 0 Å². The maximum Gasteiger partial charge on any atom is 0.191 e. The first-order valence-electron chi connectivity index (χ1n) is 8.41. The average molecular weight is 481 g/mol. The van der Waals surface area contributed by atoms with Crippen LogP contribution in [0.3, 0.4) is 0 Å². The lowest BCUT2D eigenvalue weighted by Gasteiger charge is -2.21. The van der Waals surface area contributed by atoms with Crippen LogP contribution < -0.4 is 10.6 Å². The smallest absolute Gasteiger partial charge is 0.191 e. The third-order valence-electron chi connectivity index (χ3n) is 4.10. The van der Waals surface area contributed by atoms with Gasteiger partial charge in [0.05, 0.1) is 16.8 Å². The van der Waals surface area contributed by atoms with Crippen molar-refractivity contribution >= 4 is 39.8 Å². The van der Waals surface area contributed by atoms with Crippen LogP contribution in [0.4, 0.5) is 0 Å². The monoisotopic (exact) mass is 481 g/mol. The Labute approximate surface area is 167 Å². The van der Waals surface area contributed by atoms with Gasteiger partial charge in [-0.1, -0.05) is 25.1 Å². The van der Waals surface area contributed by atoms with Crippen molar-refractivity contribution in [2.24, 2.45) is 4.99 Å². The molecule has 0 aromatic heterocycles. The van der Waals surface area contributed by atoms with Crippen LogP contribution >= 0.6 is 24.0 Å². The average Bonchev–Trinajstić information content (AvgIpc) is 3.11. The van der Waals surface area contributed by atoms with Gasteiger partial charge in [0.15, 0.2) is 15.8 Å². The minimum Gasteiger partial charge on any atom is -0.376 e. The van der Waals surface area contributed by atoms with Gasteiger partial charge in [-0.15, -0.1) is 24.0 Å². The van der Waals surface area contributed by atoms with E-state index in [2.05, 4.69) is 15.6 Å². The number of guanidine groups is 1. The number of hydrogen-bond donors (Lipinski definition) is 2. The third kappa shape index (κ3) is 7.10. The molecule has 0 radical (unpaired) electrons. The van der Waals surface area contributed by atoms with Crippen molar-refractivity contribution in [2.45, 2.75) is 43.2 Å². The summed E-state index contributed by atoms with van der Waals surface area (Å²) in [5.74, 6) is 0.648. The van der Waals surface area contributed by atoms with E-state index in [1.54, 1.807) is 31.3 Å². The molecular formula is C17H28IN3O3S. The fraction of sp³-hybridized carbons (Fsp3) is 0.588. The van der Waals surface area contributed by atoms with E-state index in [-0.39, 0.29) is 41.9 Å². The van der Waals surface area contributed by atoms with E-state index in [4.69, 9.17) is 4.74 Å². The molecule has 1 fully saturated rings. The van der Waals surface area contributed by atoms with Gasteiger partial charge in [0, 0.05) is 26.2 Å². The summed E-state index contributed by atoms with van der Waals surface area (Å²) in [6, 6.07) is 8.35. The van der Waals surface area contributed by atoms with E-state index >= 15 is 0 Å². The zero-order valence-corrected chi connectivity index (χ0v) is 17.9. The highest BCUT2D eigenvalue weighted by atomic mass is 127. The molecule has 6 nitrogen and oxygen atoms in total. The summed E-state index contributed by atoms with van der Waals surface area (Å²) in [4.78, 5) is 4.54. The fourth-order valence-corrected chi connectivity index (χ4v) is 4.27. The van der Waals surface area contributed by atoms with Crippen LogP contribution in [0.15, 0.2) is 40.2 Å². The van der Waals surface area contributed by atoms with Crippen LogP contribution in [0, 0.1) is 0 Å². The molecule has 2 N–H and O–H groups in total. The molecular weight excluding hydrogens is 453 g/mol. The first-order chi connectivity index (χ1) is 11.5. The highest BCUT2D eigenvalue weighted by Gasteiger charge is 2.21. The van der Waals surface area contributed by atoms with Crippen LogP contribution in [0.25, 0.3) is 0 Å². The number of rotatable bonds is 7. The molecule has 0 amide bonds. The Morgan fingerprint density at radius 3 is 2.64 bits per heavy atom. The van der Waals surface area contributed by atoms with Crippen LogP contribution in [-0.4, -0.2) is 52.5 Å². The number of aliphatic imine (C=N–C) groups is 1. The molecule has 1 aliphatic rings. The molecule has 1 aromatic carbocycles. The number of sulfone groups is 1. The largest absolute Gasteiger partial charge is 0.376 e. The second kappa shape index (κ2) is 11.0. The Bertz CT molecular complexity index is 632. The molecule has 1 heterocycles. The zero-order chi connectivity index (χ0) is 17.4. The van der Waals surface area contributed by atoms with Gasteiger partial charge >= 0.3 is 0 Å². The fourth-order valence-electron chi connectivity index (χ4n) is 2.65. The Hall–Kier alpha value is -0.870. The molecule has 2 atom stereocenters. The number of hydrogen-bond acceptors (Lipinski definition) is 4. The van der Waals surface area contributed by atoms with Crippen molar-refractivity contribution in [3.63, 3.8) is 0 Å². The lowest BCUT2D eigenvalue weighted by Crippen LogP contribution is -2.47. The predicted molar refractivity (Wildman–Crippen MR) is 111 cm³/mol. The summed E-state index contributed by atoms with van der Waals surface area (Å²) in [6.45, 7) is 3.46. The van der Waals surface area contributed by atoms with E-state index in [1.165, 1.54) is 0 Å². The summed E-state index contributed by atoms with van der Waals surface area (Å²) < 4.78 is 30.6. The second-order valence-electron chi connectivity index (χ2n) is 5.93. The number of nitrogens with one attached hydrogen (secondary N) is 2. The number of halogens is 1. The number of benzene rings is 1. The van der Waals surface area contributed by atoms with Gasteiger partial charge in [0.1, 0.15) is 0 Å². The molecule has 25 heavy (non-hydrogen) atoms. The Kier molecular flexibility index (Phi) is 9.73.